The molecule has 0 saturated heterocycles. The lowest BCUT2D eigenvalue weighted by Gasteiger charge is -2.18. The molecular formula is C20H18F4N4O2. The van der Waals surface area contributed by atoms with E-state index in [0.717, 1.165) is 34.7 Å². The van der Waals surface area contributed by atoms with Gasteiger partial charge in [0.25, 0.3) is 5.91 Å². The Labute approximate surface area is 169 Å². The molecule has 3 aromatic rings. The molecule has 0 spiro atoms. The molecule has 2 aromatic carbocycles. The second-order valence-corrected chi connectivity index (χ2v) is 6.56. The van der Waals surface area contributed by atoms with E-state index >= 15 is 0 Å². The van der Waals surface area contributed by atoms with Gasteiger partial charge in [-0.25, -0.2) is 9.07 Å². The van der Waals surface area contributed by atoms with Gasteiger partial charge < -0.3 is 9.64 Å². The van der Waals surface area contributed by atoms with Crippen LogP contribution in [-0.4, -0.2) is 46.0 Å². The summed E-state index contributed by atoms with van der Waals surface area (Å²) < 4.78 is 60.1. The zero-order valence-electron chi connectivity index (χ0n) is 16.2. The van der Waals surface area contributed by atoms with Gasteiger partial charge in [-0.05, 0) is 48.9 Å². The average Bonchev–Trinajstić information content (AvgIpc) is 3.13. The fourth-order valence-corrected chi connectivity index (χ4v) is 2.73. The zero-order chi connectivity index (χ0) is 21.9. The van der Waals surface area contributed by atoms with E-state index in [9.17, 15) is 22.4 Å². The van der Waals surface area contributed by atoms with Crippen LogP contribution in [-0.2, 0) is 6.18 Å². The molecule has 0 atom stereocenters. The van der Waals surface area contributed by atoms with Gasteiger partial charge in [0.15, 0.2) is 11.4 Å². The molecule has 0 aliphatic heterocycles. The predicted molar refractivity (Wildman–Crippen MR) is 100.0 cm³/mol. The maximum atomic E-state index is 13.7. The van der Waals surface area contributed by atoms with Crippen LogP contribution in [0.5, 0.6) is 5.75 Å². The quantitative estimate of drug-likeness (QED) is 0.566. The van der Waals surface area contributed by atoms with Gasteiger partial charge in [0, 0.05) is 7.05 Å². The monoisotopic (exact) mass is 422 g/mol. The molecule has 0 aliphatic rings. The first-order valence-electron chi connectivity index (χ1n) is 8.90. The molecule has 158 valence electrons. The number of nitrogens with zero attached hydrogens (tertiary/aromatic N) is 4. The molecule has 0 N–H and O–H groups in total. The highest BCUT2D eigenvalue weighted by molar-refractivity contribution is 5.93. The molecule has 0 unspecified atom stereocenters. The summed E-state index contributed by atoms with van der Waals surface area (Å²) in [6.45, 7) is 2.01. The van der Waals surface area contributed by atoms with Crippen LogP contribution in [0.3, 0.4) is 0 Å². The number of hydrogen-bond acceptors (Lipinski definition) is 4. The van der Waals surface area contributed by atoms with Gasteiger partial charge in [-0.1, -0.05) is 17.3 Å². The standard InChI is InChI=1S/C20H18F4N4O2/c1-13-4-3-5-16(12-13)30-11-10-27(2)19(29)17-18(20(22,23)24)28(26-25-17)15-8-6-14(21)7-9-15/h3-9,12H,10-11H2,1-2H3. The largest absolute Gasteiger partial charge is 0.492 e. The summed E-state index contributed by atoms with van der Waals surface area (Å²) in [7, 11) is 1.35. The number of amides is 1. The minimum atomic E-state index is -4.90. The normalized spacial score (nSPS) is 11.4. The number of halogens is 4. The third-order valence-electron chi connectivity index (χ3n) is 4.24. The van der Waals surface area contributed by atoms with Crippen molar-refractivity contribution < 1.29 is 27.1 Å². The van der Waals surface area contributed by atoms with E-state index in [-0.39, 0.29) is 18.8 Å². The molecule has 0 radical (unpaired) electrons. The Morgan fingerprint density at radius 1 is 1.17 bits per heavy atom. The molecule has 30 heavy (non-hydrogen) atoms. The van der Waals surface area contributed by atoms with Crippen molar-refractivity contribution in [2.75, 3.05) is 20.2 Å². The number of carbonyl (C=O) groups excluding carboxylic acids is 1. The summed E-state index contributed by atoms with van der Waals surface area (Å²) >= 11 is 0. The fourth-order valence-electron chi connectivity index (χ4n) is 2.73. The lowest BCUT2D eigenvalue weighted by atomic mass is 10.2. The van der Waals surface area contributed by atoms with Crippen LogP contribution in [0.15, 0.2) is 48.5 Å². The third kappa shape index (κ3) is 4.76. The molecule has 0 aliphatic carbocycles. The van der Waals surface area contributed by atoms with E-state index in [1.165, 1.54) is 7.05 Å². The van der Waals surface area contributed by atoms with Crippen molar-refractivity contribution in [2.24, 2.45) is 0 Å². The number of hydrogen-bond donors (Lipinski definition) is 0. The highest BCUT2D eigenvalue weighted by Crippen LogP contribution is 2.33. The van der Waals surface area contributed by atoms with Gasteiger partial charge in [-0.15, -0.1) is 5.10 Å². The summed E-state index contributed by atoms with van der Waals surface area (Å²) in [4.78, 5) is 13.7. The Hall–Kier alpha value is -3.43. The number of aromatic nitrogens is 3. The van der Waals surface area contributed by atoms with E-state index in [0.29, 0.717) is 10.4 Å². The van der Waals surface area contributed by atoms with Gasteiger partial charge in [0.2, 0.25) is 0 Å². The Kier molecular flexibility index (Phi) is 6.04. The second kappa shape index (κ2) is 8.52. The van der Waals surface area contributed by atoms with Gasteiger partial charge in [-0.2, -0.15) is 13.2 Å². The maximum absolute atomic E-state index is 13.7. The van der Waals surface area contributed by atoms with E-state index in [2.05, 4.69) is 10.3 Å². The number of alkyl halides is 3. The third-order valence-corrected chi connectivity index (χ3v) is 4.24. The van der Waals surface area contributed by atoms with Gasteiger partial charge >= 0.3 is 6.18 Å². The number of rotatable bonds is 6. The van der Waals surface area contributed by atoms with Crippen molar-refractivity contribution in [2.45, 2.75) is 13.1 Å². The van der Waals surface area contributed by atoms with E-state index in [4.69, 9.17) is 4.74 Å². The maximum Gasteiger partial charge on any atom is 0.435 e. The second-order valence-electron chi connectivity index (χ2n) is 6.56. The first-order chi connectivity index (χ1) is 14.2. The van der Waals surface area contributed by atoms with Crippen LogP contribution in [0, 0.1) is 12.7 Å². The average molecular weight is 422 g/mol. The van der Waals surface area contributed by atoms with Crippen molar-refractivity contribution >= 4 is 5.91 Å². The Bertz CT molecular complexity index is 1030. The van der Waals surface area contributed by atoms with E-state index in [1.54, 1.807) is 12.1 Å². The lowest BCUT2D eigenvalue weighted by molar-refractivity contribution is -0.143. The van der Waals surface area contributed by atoms with E-state index < -0.39 is 29.3 Å². The van der Waals surface area contributed by atoms with Crippen molar-refractivity contribution in [3.63, 3.8) is 0 Å². The van der Waals surface area contributed by atoms with Crippen LogP contribution in [0.2, 0.25) is 0 Å². The molecule has 0 fully saturated rings. The zero-order valence-corrected chi connectivity index (χ0v) is 16.2. The minimum Gasteiger partial charge on any atom is -0.492 e. The molecule has 1 amide bonds. The number of ether oxygens (including phenoxy) is 1. The molecule has 1 aromatic heterocycles. The molecule has 0 saturated carbocycles. The van der Waals surface area contributed by atoms with Crippen LogP contribution in [0.25, 0.3) is 5.69 Å². The highest BCUT2D eigenvalue weighted by atomic mass is 19.4. The lowest BCUT2D eigenvalue weighted by Crippen LogP contribution is -2.33. The Morgan fingerprint density at radius 2 is 1.87 bits per heavy atom. The molecule has 6 nitrogen and oxygen atoms in total. The van der Waals surface area contributed by atoms with Crippen LogP contribution < -0.4 is 4.74 Å². The summed E-state index contributed by atoms with van der Waals surface area (Å²) in [5.74, 6) is -0.977. The fraction of sp³-hybridized carbons (Fsp3) is 0.250. The number of likely N-dealkylation sites (N-methyl/N-ethyl adjacent to an activating group) is 1. The minimum absolute atomic E-state index is 0.0352. The van der Waals surface area contributed by atoms with Gasteiger partial charge in [0.05, 0.1) is 12.2 Å². The van der Waals surface area contributed by atoms with Crippen molar-refractivity contribution in [3.8, 4) is 11.4 Å². The molecule has 10 heteroatoms. The van der Waals surface area contributed by atoms with E-state index in [1.807, 2.05) is 19.1 Å². The van der Waals surface area contributed by atoms with Crippen LogP contribution in [0.4, 0.5) is 17.6 Å². The smallest absolute Gasteiger partial charge is 0.435 e. The number of carbonyl (C=O) groups is 1. The van der Waals surface area contributed by atoms with Gasteiger partial charge in [-0.3, -0.25) is 4.79 Å². The predicted octanol–water partition coefficient (Wildman–Crippen LogP) is 3.88. The Morgan fingerprint density at radius 3 is 2.50 bits per heavy atom. The first kappa shape index (κ1) is 21.3. The van der Waals surface area contributed by atoms with Gasteiger partial charge in [0.1, 0.15) is 18.2 Å². The SMILES string of the molecule is Cc1cccc(OCCN(C)C(=O)c2nnn(-c3ccc(F)cc3)c2C(F)(F)F)c1. The molecular weight excluding hydrogens is 404 g/mol. The molecule has 3 rings (SSSR count). The number of aryl methyl sites for hydroxylation is 1. The number of benzene rings is 2. The molecule has 1 heterocycles. The van der Waals surface area contributed by atoms with Crippen molar-refractivity contribution in [1.82, 2.24) is 19.9 Å². The first-order valence-corrected chi connectivity index (χ1v) is 8.90. The summed E-state index contributed by atoms with van der Waals surface area (Å²) in [6, 6.07) is 11.5. The Balaban J connectivity index is 1.78. The van der Waals surface area contributed by atoms with Crippen molar-refractivity contribution in [3.05, 3.63) is 71.3 Å². The highest BCUT2D eigenvalue weighted by Gasteiger charge is 2.42. The topological polar surface area (TPSA) is 60.2 Å². The van der Waals surface area contributed by atoms with Crippen LogP contribution >= 0.6 is 0 Å². The summed E-state index contributed by atoms with van der Waals surface area (Å²) in [5, 5.41) is 6.92. The van der Waals surface area contributed by atoms with Crippen molar-refractivity contribution in [1.29, 1.82) is 0 Å². The summed E-state index contributed by atoms with van der Waals surface area (Å²) in [6.07, 6.45) is -4.90. The molecule has 0 bridgehead atoms. The van der Waals surface area contributed by atoms with Crippen LogP contribution in [0.1, 0.15) is 21.7 Å². The summed E-state index contributed by atoms with van der Waals surface area (Å²) in [5.41, 5.74) is -1.25.